The highest BCUT2D eigenvalue weighted by atomic mass is 32.2. The molecule has 1 aliphatic rings. The van der Waals surface area contributed by atoms with Crippen molar-refractivity contribution in [2.45, 2.75) is 50.5 Å². The first-order valence-electron chi connectivity index (χ1n) is 9.56. The van der Waals surface area contributed by atoms with Gasteiger partial charge in [0.15, 0.2) is 0 Å². The normalized spacial score (nSPS) is 16.4. The summed E-state index contributed by atoms with van der Waals surface area (Å²) in [6, 6.07) is 3.72. The van der Waals surface area contributed by atoms with Crippen LogP contribution >= 0.6 is 34.4 Å². The number of hydrogen-bond donors (Lipinski definition) is 0. The monoisotopic (exact) mass is 445 g/mol. The molecule has 7 nitrogen and oxygen atoms in total. The summed E-state index contributed by atoms with van der Waals surface area (Å²) in [5, 5.41) is 14.0. The molecule has 4 aromatic heterocycles. The van der Waals surface area contributed by atoms with E-state index in [4.69, 9.17) is 4.42 Å². The van der Waals surface area contributed by atoms with Crippen LogP contribution in [0.25, 0.3) is 15.7 Å². The minimum absolute atomic E-state index is 0.161. The van der Waals surface area contributed by atoms with E-state index < -0.39 is 0 Å². The fraction of sp³-hybridized carbons (Fsp3) is 0.421. The van der Waals surface area contributed by atoms with Gasteiger partial charge in [0.2, 0.25) is 4.96 Å². The van der Waals surface area contributed by atoms with Crippen LogP contribution in [-0.4, -0.2) is 24.8 Å². The first kappa shape index (κ1) is 19.0. The first-order valence-corrected chi connectivity index (χ1v) is 12.2. The SMILES string of the molecule is CCc1nn2c(=O)cc(CSc3nnc(-c4cc5c(s4)CC[C@@H](C)C5)o3)nc2s1. The minimum Gasteiger partial charge on any atom is -0.410 e. The topological polar surface area (TPSA) is 86.2 Å². The van der Waals surface area contributed by atoms with Crippen molar-refractivity contribution in [2.24, 2.45) is 5.92 Å². The van der Waals surface area contributed by atoms with Crippen LogP contribution in [0.2, 0.25) is 0 Å². The average molecular weight is 446 g/mol. The maximum absolute atomic E-state index is 12.3. The lowest BCUT2D eigenvalue weighted by molar-refractivity contribution is 0.466. The van der Waals surface area contributed by atoms with E-state index in [1.807, 2.05) is 6.92 Å². The van der Waals surface area contributed by atoms with Crippen molar-refractivity contribution in [2.75, 3.05) is 0 Å². The van der Waals surface area contributed by atoms with E-state index in [9.17, 15) is 4.79 Å². The quantitative estimate of drug-likeness (QED) is 0.425. The van der Waals surface area contributed by atoms with Crippen LogP contribution in [0, 0.1) is 5.92 Å². The number of fused-ring (bicyclic) bond motifs is 2. The summed E-state index contributed by atoms with van der Waals surface area (Å²) in [6.07, 6.45) is 4.29. The van der Waals surface area contributed by atoms with Crippen molar-refractivity contribution in [1.29, 1.82) is 0 Å². The summed E-state index contributed by atoms with van der Waals surface area (Å²) < 4.78 is 7.23. The fourth-order valence-corrected chi connectivity index (χ4v) is 6.07. The second kappa shape index (κ2) is 7.66. The molecule has 0 saturated carbocycles. The van der Waals surface area contributed by atoms with Crippen molar-refractivity contribution < 1.29 is 4.42 Å². The van der Waals surface area contributed by atoms with Crippen LogP contribution < -0.4 is 5.56 Å². The third kappa shape index (κ3) is 3.76. The lowest BCUT2D eigenvalue weighted by Crippen LogP contribution is -2.15. The smallest absolute Gasteiger partial charge is 0.277 e. The molecule has 1 aliphatic carbocycles. The molecule has 0 amide bonds. The zero-order chi connectivity index (χ0) is 20.0. The van der Waals surface area contributed by atoms with Gasteiger partial charge in [-0.3, -0.25) is 4.79 Å². The Bertz CT molecular complexity index is 1240. The Labute approximate surface area is 179 Å². The van der Waals surface area contributed by atoms with Crippen LogP contribution in [0.15, 0.2) is 26.6 Å². The number of aryl methyl sites for hydroxylation is 2. The second-order valence-electron chi connectivity index (χ2n) is 7.20. The van der Waals surface area contributed by atoms with Crippen LogP contribution in [-0.2, 0) is 25.0 Å². The maximum atomic E-state index is 12.3. The zero-order valence-corrected chi connectivity index (χ0v) is 18.5. The largest absolute Gasteiger partial charge is 0.410 e. The molecule has 0 radical (unpaired) electrons. The Morgan fingerprint density at radius 1 is 1.31 bits per heavy atom. The Balaban J connectivity index is 1.32. The molecule has 29 heavy (non-hydrogen) atoms. The number of thioether (sulfide) groups is 1. The van der Waals surface area contributed by atoms with E-state index in [1.54, 1.807) is 11.3 Å². The lowest BCUT2D eigenvalue weighted by Gasteiger charge is -2.16. The molecule has 150 valence electrons. The maximum Gasteiger partial charge on any atom is 0.277 e. The van der Waals surface area contributed by atoms with E-state index in [0.717, 1.165) is 35.1 Å². The number of thiophene rings is 1. The number of hydrogen-bond acceptors (Lipinski definition) is 9. The predicted octanol–water partition coefficient (Wildman–Crippen LogP) is 4.24. The Kier molecular flexibility index (Phi) is 5.00. The van der Waals surface area contributed by atoms with E-state index in [1.165, 1.54) is 50.5 Å². The average Bonchev–Trinajstić information content (AvgIpc) is 3.43. The molecular weight excluding hydrogens is 426 g/mol. The number of aromatic nitrogens is 5. The van der Waals surface area contributed by atoms with Gasteiger partial charge in [-0.25, -0.2) is 4.98 Å². The van der Waals surface area contributed by atoms with E-state index >= 15 is 0 Å². The molecule has 0 aromatic carbocycles. The molecule has 4 heterocycles. The summed E-state index contributed by atoms with van der Waals surface area (Å²) in [5.74, 6) is 1.79. The lowest BCUT2D eigenvalue weighted by atomic mass is 9.90. The van der Waals surface area contributed by atoms with E-state index in [0.29, 0.717) is 27.5 Å². The summed E-state index contributed by atoms with van der Waals surface area (Å²) in [5.41, 5.74) is 1.95. The Morgan fingerprint density at radius 2 is 2.21 bits per heavy atom. The molecule has 4 aromatic rings. The van der Waals surface area contributed by atoms with Gasteiger partial charge in [-0.1, -0.05) is 36.9 Å². The van der Waals surface area contributed by atoms with Crippen LogP contribution in [0.1, 0.15) is 41.4 Å². The van der Waals surface area contributed by atoms with Gasteiger partial charge in [0.05, 0.1) is 10.6 Å². The Hall–Kier alpha value is -2.04. The number of nitrogens with zero attached hydrogens (tertiary/aromatic N) is 5. The fourth-order valence-electron chi connectivity index (χ4n) is 3.43. The van der Waals surface area contributed by atoms with Crippen LogP contribution in [0.3, 0.4) is 0 Å². The molecule has 0 saturated heterocycles. The Morgan fingerprint density at radius 3 is 3.07 bits per heavy atom. The van der Waals surface area contributed by atoms with Crippen molar-refractivity contribution in [3.63, 3.8) is 0 Å². The van der Waals surface area contributed by atoms with Crippen molar-refractivity contribution in [3.05, 3.63) is 43.6 Å². The second-order valence-corrected chi connectivity index (χ2v) is 10.3. The molecule has 1 atom stereocenters. The molecule has 0 bridgehead atoms. The van der Waals surface area contributed by atoms with Gasteiger partial charge in [0, 0.05) is 16.7 Å². The standard InChI is InChI=1S/C19H19N5O2S3/c1-3-15-23-24-16(25)8-12(20-18(24)29-15)9-27-19-22-21-17(26-19)14-7-11-6-10(2)4-5-13(11)28-14/h7-8,10H,3-6,9H2,1-2H3/t10-/m1/s1. The van der Waals surface area contributed by atoms with Gasteiger partial charge in [0.25, 0.3) is 16.7 Å². The third-order valence-corrected chi connectivity index (χ3v) is 8.06. The summed E-state index contributed by atoms with van der Waals surface area (Å²) >= 11 is 4.59. The van der Waals surface area contributed by atoms with Crippen LogP contribution in [0.5, 0.6) is 0 Å². The predicted molar refractivity (Wildman–Crippen MR) is 115 cm³/mol. The van der Waals surface area contributed by atoms with Gasteiger partial charge in [-0.15, -0.1) is 21.5 Å². The van der Waals surface area contributed by atoms with Gasteiger partial charge < -0.3 is 4.42 Å². The molecule has 10 heteroatoms. The summed E-state index contributed by atoms with van der Waals surface area (Å²) in [4.78, 5) is 19.9. The van der Waals surface area contributed by atoms with Gasteiger partial charge >= 0.3 is 0 Å². The highest BCUT2D eigenvalue weighted by Gasteiger charge is 2.21. The molecule has 0 unspecified atom stereocenters. The first-order chi connectivity index (χ1) is 14.1. The molecule has 0 aliphatic heterocycles. The number of rotatable bonds is 5. The molecule has 5 rings (SSSR count). The van der Waals surface area contributed by atoms with Gasteiger partial charge in [-0.2, -0.15) is 9.61 Å². The van der Waals surface area contributed by atoms with E-state index in [2.05, 4.69) is 33.3 Å². The molecule has 0 spiro atoms. The van der Waals surface area contributed by atoms with E-state index in [-0.39, 0.29) is 5.56 Å². The van der Waals surface area contributed by atoms with Gasteiger partial charge in [-0.05, 0) is 43.2 Å². The molecule has 0 N–H and O–H groups in total. The van der Waals surface area contributed by atoms with Crippen molar-refractivity contribution >= 4 is 39.4 Å². The summed E-state index contributed by atoms with van der Waals surface area (Å²) in [7, 11) is 0. The van der Waals surface area contributed by atoms with Crippen molar-refractivity contribution in [3.8, 4) is 10.8 Å². The highest BCUT2D eigenvalue weighted by molar-refractivity contribution is 7.98. The minimum atomic E-state index is -0.161. The van der Waals surface area contributed by atoms with Crippen LogP contribution in [0.4, 0.5) is 0 Å². The zero-order valence-electron chi connectivity index (χ0n) is 16.0. The molecule has 0 fully saturated rings. The summed E-state index contributed by atoms with van der Waals surface area (Å²) in [6.45, 7) is 4.31. The van der Waals surface area contributed by atoms with Crippen molar-refractivity contribution in [1.82, 2.24) is 24.8 Å². The highest BCUT2D eigenvalue weighted by Crippen LogP contribution is 2.37. The molecular formula is C19H19N5O2S3. The van der Waals surface area contributed by atoms with Gasteiger partial charge in [0.1, 0.15) is 5.01 Å². The third-order valence-electron chi connectivity index (χ3n) is 4.93.